The number of nitrogens with zero attached hydrogens (tertiary/aromatic N) is 2. The summed E-state index contributed by atoms with van der Waals surface area (Å²) in [6.45, 7) is 0.848. The summed E-state index contributed by atoms with van der Waals surface area (Å²) in [5.41, 5.74) is -0.580. The number of nitrogens with one attached hydrogen (secondary N) is 1. The molecule has 0 spiro atoms. The van der Waals surface area contributed by atoms with Crippen LogP contribution >= 0.6 is 0 Å². The van der Waals surface area contributed by atoms with Crippen LogP contribution in [-0.2, 0) is 12.7 Å². The van der Waals surface area contributed by atoms with E-state index in [1.807, 2.05) is 0 Å². The number of amides is 1. The second-order valence-electron chi connectivity index (χ2n) is 4.10. The molecule has 0 aliphatic heterocycles. The molecule has 106 valence electrons. The maximum atomic E-state index is 12.4. The molecule has 0 atom stereocenters. The summed E-state index contributed by atoms with van der Waals surface area (Å²) in [6, 6.07) is 5.86. The Balaban J connectivity index is 1.89. The standard InChI is InChI=1S/C13H12F3N3O/c14-13(15,16)11-4-2-10(3-5-11)12(20)17-7-9-19-8-1-6-18-19/h1-6,8H,7,9H2,(H,17,20). The fraction of sp³-hybridized carbons (Fsp3) is 0.231. The van der Waals surface area contributed by atoms with E-state index in [9.17, 15) is 18.0 Å². The van der Waals surface area contributed by atoms with Crippen LogP contribution in [0.1, 0.15) is 15.9 Å². The average Bonchev–Trinajstić information content (AvgIpc) is 2.91. The summed E-state index contributed by atoms with van der Waals surface area (Å²) in [7, 11) is 0. The second-order valence-corrected chi connectivity index (χ2v) is 4.10. The SMILES string of the molecule is O=C(NCCn1cccn1)c1ccc(C(F)(F)F)cc1. The van der Waals surface area contributed by atoms with Crippen molar-refractivity contribution in [2.75, 3.05) is 6.54 Å². The number of halogens is 3. The topological polar surface area (TPSA) is 46.9 Å². The second kappa shape index (κ2) is 5.77. The van der Waals surface area contributed by atoms with Crippen molar-refractivity contribution in [3.8, 4) is 0 Å². The van der Waals surface area contributed by atoms with Gasteiger partial charge in [0.2, 0.25) is 0 Å². The Morgan fingerprint density at radius 3 is 2.50 bits per heavy atom. The summed E-state index contributed by atoms with van der Waals surface area (Å²) >= 11 is 0. The molecule has 4 nitrogen and oxygen atoms in total. The van der Waals surface area contributed by atoms with Crippen LogP contribution in [0.25, 0.3) is 0 Å². The van der Waals surface area contributed by atoms with E-state index in [2.05, 4.69) is 10.4 Å². The molecule has 0 aliphatic rings. The Hall–Kier alpha value is -2.31. The molecule has 1 N–H and O–H groups in total. The van der Waals surface area contributed by atoms with Crippen LogP contribution in [0.4, 0.5) is 13.2 Å². The van der Waals surface area contributed by atoms with Crippen LogP contribution in [0.3, 0.4) is 0 Å². The number of rotatable bonds is 4. The summed E-state index contributed by atoms with van der Waals surface area (Å²) in [6.07, 6.45) is -1.02. The molecule has 0 unspecified atom stereocenters. The Labute approximate surface area is 113 Å². The normalized spacial score (nSPS) is 11.3. The van der Waals surface area contributed by atoms with E-state index < -0.39 is 17.6 Å². The van der Waals surface area contributed by atoms with Crippen molar-refractivity contribution in [1.82, 2.24) is 15.1 Å². The van der Waals surface area contributed by atoms with Gasteiger partial charge in [0.25, 0.3) is 5.91 Å². The number of hydrogen-bond acceptors (Lipinski definition) is 2. The zero-order chi connectivity index (χ0) is 14.6. The van der Waals surface area contributed by atoms with E-state index in [1.54, 1.807) is 23.1 Å². The first kappa shape index (κ1) is 14.1. The number of carbonyl (C=O) groups is 1. The average molecular weight is 283 g/mol. The number of alkyl halides is 3. The molecule has 7 heteroatoms. The fourth-order valence-electron chi connectivity index (χ4n) is 1.63. The Morgan fingerprint density at radius 2 is 1.95 bits per heavy atom. The Morgan fingerprint density at radius 1 is 1.25 bits per heavy atom. The minimum absolute atomic E-state index is 0.193. The zero-order valence-electron chi connectivity index (χ0n) is 10.4. The molecular weight excluding hydrogens is 271 g/mol. The predicted molar refractivity (Wildman–Crippen MR) is 66.0 cm³/mol. The molecule has 0 saturated carbocycles. The molecule has 0 bridgehead atoms. The summed E-state index contributed by atoms with van der Waals surface area (Å²) in [4.78, 5) is 11.7. The zero-order valence-corrected chi connectivity index (χ0v) is 10.4. The molecule has 1 aromatic carbocycles. The van der Waals surface area contributed by atoms with Gasteiger partial charge in [-0.15, -0.1) is 0 Å². The van der Waals surface area contributed by atoms with Crippen molar-refractivity contribution >= 4 is 5.91 Å². The summed E-state index contributed by atoms with van der Waals surface area (Å²) < 4.78 is 38.8. The largest absolute Gasteiger partial charge is 0.416 e. The van der Waals surface area contributed by atoms with E-state index in [-0.39, 0.29) is 5.56 Å². The Bertz CT molecular complexity index is 562. The molecular formula is C13H12F3N3O. The highest BCUT2D eigenvalue weighted by Gasteiger charge is 2.30. The van der Waals surface area contributed by atoms with Crippen molar-refractivity contribution in [3.05, 3.63) is 53.9 Å². The van der Waals surface area contributed by atoms with E-state index in [0.717, 1.165) is 24.3 Å². The lowest BCUT2D eigenvalue weighted by molar-refractivity contribution is -0.137. The molecule has 2 rings (SSSR count). The molecule has 1 amide bonds. The third kappa shape index (κ3) is 3.59. The Kier molecular flexibility index (Phi) is 4.07. The molecule has 0 radical (unpaired) electrons. The predicted octanol–water partition coefficient (Wildman–Crippen LogP) is 2.33. The van der Waals surface area contributed by atoms with Gasteiger partial charge < -0.3 is 5.32 Å². The highest BCUT2D eigenvalue weighted by molar-refractivity contribution is 5.94. The molecule has 0 saturated heterocycles. The molecule has 1 aromatic heterocycles. The minimum atomic E-state index is -4.39. The van der Waals surface area contributed by atoms with Gasteiger partial charge in [-0.1, -0.05) is 0 Å². The lowest BCUT2D eigenvalue weighted by Gasteiger charge is -2.08. The first-order valence-electron chi connectivity index (χ1n) is 5.90. The van der Waals surface area contributed by atoms with Crippen LogP contribution in [0.15, 0.2) is 42.7 Å². The van der Waals surface area contributed by atoms with Crippen LogP contribution in [-0.4, -0.2) is 22.2 Å². The molecule has 2 aromatic rings. The van der Waals surface area contributed by atoms with Crippen LogP contribution < -0.4 is 5.32 Å². The van der Waals surface area contributed by atoms with Crippen molar-refractivity contribution in [1.29, 1.82) is 0 Å². The van der Waals surface area contributed by atoms with Gasteiger partial charge in [0, 0.05) is 24.5 Å². The van der Waals surface area contributed by atoms with Crippen molar-refractivity contribution < 1.29 is 18.0 Å². The van der Waals surface area contributed by atoms with E-state index in [0.29, 0.717) is 13.1 Å². The van der Waals surface area contributed by atoms with E-state index in [4.69, 9.17) is 0 Å². The number of carbonyl (C=O) groups excluding carboxylic acids is 1. The van der Waals surface area contributed by atoms with E-state index in [1.165, 1.54) is 0 Å². The van der Waals surface area contributed by atoms with Gasteiger partial charge in [-0.25, -0.2) is 0 Å². The summed E-state index contributed by atoms with van der Waals surface area (Å²) in [5, 5.41) is 6.58. The smallest absolute Gasteiger partial charge is 0.350 e. The van der Waals surface area contributed by atoms with Gasteiger partial charge in [-0.05, 0) is 30.3 Å². The first-order chi connectivity index (χ1) is 9.47. The van der Waals surface area contributed by atoms with Gasteiger partial charge in [0.15, 0.2) is 0 Å². The number of aromatic nitrogens is 2. The quantitative estimate of drug-likeness (QED) is 0.936. The number of hydrogen-bond donors (Lipinski definition) is 1. The highest BCUT2D eigenvalue weighted by atomic mass is 19.4. The molecule has 20 heavy (non-hydrogen) atoms. The van der Waals surface area contributed by atoms with E-state index >= 15 is 0 Å². The lowest BCUT2D eigenvalue weighted by Crippen LogP contribution is -2.27. The van der Waals surface area contributed by atoms with Gasteiger partial charge >= 0.3 is 6.18 Å². The third-order valence-corrected chi connectivity index (χ3v) is 2.66. The lowest BCUT2D eigenvalue weighted by atomic mass is 10.1. The third-order valence-electron chi connectivity index (χ3n) is 2.66. The van der Waals surface area contributed by atoms with Crippen LogP contribution in [0, 0.1) is 0 Å². The molecule has 0 aliphatic carbocycles. The van der Waals surface area contributed by atoms with Crippen molar-refractivity contribution in [3.63, 3.8) is 0 Å². The monoisotopic (exact) mass is 283 g/mol. The van der Waals surface area contributed by atoms with Gasteiger partial charge in [-0.3, -0.25) is 9.48 Å². The van der Waals surface area contributed by atoms with Crippen molar-refractivity contribution in [2.24, 2.45) is 0 Å². The fourth-order valence-corrected chi connectivity index (χ4v) is 1.63. The number of benzene rings is 1. The maximum absolute atomic E-state index is 12.4. The minimum Gasteiger partial charge on any atom is -0.350 e. The summed E-state index contributed by atoms with van der Waals surface area (Å²) in [5.74, 6) is -0.411. The highest BCUT2D eigenvalue weighted by Crippen LogP contribution is 2.28. The van der Waals surface area contributed by atoms with Gasteiger partial charge in [0.05, 0.1) is 12.1 Å². The maximum Gasteiger partial charge on any atom is 0.416 e. The van der Waals surface area contributed by atoms with Crippen molar-refractivity contribution in [2.45, 2.75) is 12.7 Å². The molecule has 1 heterocycles. The van der Waals surface area contributed by atoms with Crippen LogP contribution in [0.2, 0.25) is 0 Å². The molecule has 0 fully saturated rings. The van der Waals surface area contributed by atoms with Gasteiger partial charge in [-0.2, -0.15) is 18.3 Å². The first-order valence-corrected chi connectivity index (χ1v) is 5.90. The van der Waals surface area contributed by atoms with Crippen LogP contribution in [0.5, 0.6) is 0 Å². The van der Waals surface area contributed by atoms with Gasteiger partial charge in [0.1, 0.15) is 0 Å².